The van der Waals surface area contributed by atoms with Crippen LogP contribution in [0.4, 0.5) is 5.69 Å². The average Bonchev–Trinajstić information content (AvgIpc) is 2.31. The second-order valence-corrected chi connectivity index (χ2v) is 4.74. The van der Waals surface area contributed by atoms with Crippen molar-refractivity contribution in [3.05, 3.63) is 46.0 Å². The molecule has 0 aliphatic heterocycles. The molecule has 0 amide bonds. The fourth-order valence-corrected chi connectivity index (χ4v) is 1.77. The third-order valence-corrected chi connectivity index (χ3v) is 2.91. The van der Waals surface area contributed by atoms with Gasteiger partial charge in [-0.25, -0.2) is 0 Å². The van der Waals surface area contributed by atoms with Crippen molar-refractivity contribution in [3.8, 4) is 17.2 Å². The highest BCUT2D eigenvalue weighted by Gasteiger charge is 2.01. The lowest BCUT2D eigenvalue weighted by atomic mass is 10.3. The summed E-state index contributed by atoms with van der Waals surface area (Å²) >= 11 is 2.25. The highest BCUT2D eigenvalue weighted by Crippen LogP contribution is 2.28. The fraction of sp³-hybridized carbons (Fsp3) is 0.0769. The summed E-state index contributed by atoms with van der Waals surface area (Å²) in [4.78, 5) is 0. The largest absolute Gasteiger partial charge is 0.497 e. The molecule has 0 heterocycles. The van der Waals surface area contributed by atoms with Crippen molar-refractivity contribution in [2.24, 2.45) is 0 Å². The van der Waals surface area contributed by atoms with Crippen LogP contribution in [0.15, 0.2) is 42.5 Å². The molecule has 0 saturated carbocycles. The molecule has 0 aliphatic carbocycles. The van der Waals surface area contributed by atoms with E-state index in [9.17, 15) is 0 Å². The van der Waals surface area contributed by atoms with Crippen molar-refractivity contribution < 1.29 is 9.47 Å². The van der Waals surface area contributed by atoms with E-state index in [-0.39, 0.29) is 0 Å². The number of nitrogens with two attached hydrogens (primary N) is 1. The Morgan fingerprint density at radius 3 is 2.24 bits per heavy atom. The number of methoxy groups -OCH3 is 1. The normalized spacial score (nSPS) is 10.0. The molecule has 4 heteroatoms. The van der Waals surface area contributed by atoms with Gasteiger partial charge in [0.1, 0.15) is 17.2 Å². The highest BCUT2D eigenvalue weighted by molar-refractivity contribution is 14.1. The van der Waals surface area contributed by atoms with Gasteiger partial charge in [-0.3, -0.25) is 0 Å². The molecule has 0 atom stereocenters. The molecule has 0 aromatic heterocycles. The number of hydrogen-bond acceptors (Lipinski definition) is 3. The van der Waals surface area contributed by atoms with Crippen LogP contribution in [0.5, 0.6) is 17.2 Å². The van der Waals surface area contributed by atoms with E-state index >= 15 is 0 Å². The molecule has 2 rings (SSSR count). The molecule has 0 unspecified atom stereocenters. The van der Waals surface area contributed by atoms with Gasteiger partial charge in [0, 0.05) is 27.5 Å². The summed E-state index contributed by atoms with van der Waals surface area (Å²) in [7, 11) is 1.60. The van der Waals surface area contributed by atoms with E-state index in [0.717, 1.165) is 5.75 Å². The first-order valence-corrected chi connectivity index (χ1v) is 6.13. The smallest absolute Gasteiger partial charge is 0.133 e. The Morgan fingerprint density at radius 1 is 0.941 bits per heavy atom. The minimum Gasteiger partial charge on any atom is -0.497 e. The van der Waals surface area contributed by atoms with Crippen LogP contribution in [0.1, 0.15) is 0 Å². The van der Waals surface area contributed by atoms with E-state index in [1.165, 1.54) is 3.57 Å². The molecular formula is C13H12INO2. The number of halogens is 1. The van der Waals surface area contributed by atoms with Gasteiger partial charge in [-0.05, 0) is 46.9 Å². The molecule has 0 aliphatic rings. The molecule has 0 spiro atoms. The van der Waals surface area contributed by atoms with E-state index in [1.54, 1.807) is 25.3 Å². The van der Waals surface area contributed by atoms with Crippen LogP contribution in [-0.4, -0.2) is 7.11 Å². The van der Waals surface area contributed by atoms with Crippen LogP contribution in [-0.2, 0) is 0 Å². The topological polar surface area (TPSA) is 44.5 Å². The van der Waals surface area contributed by atoms with E-state index < -0.39 is 0 Å². The predicted octanol–water partition coefficient (Wildman–Crippen LogP) is 3.67. The fourth-order valence-electron chi connectivity index (χ4n) is 1.41. The lowest BCUT2D eigenvalue weighted by Crippen LogP contribution is -1.91. The molecule has 0 radical (unpaired) electrons. The zero-order chi connectivity index (χ0) is 12.3. The third-order valence-electron chi connectivity index (χ3n) is 2.19. The number of rotatable bonds is 3. The molecule has 2 aromatic carbocycles. The summed E-state index contributed by atoms with van der Waals surface area (Å²) < 4.78 is 12.0. The summed E-state index contributed by atoms with van der Waals surface area (Å²) in [5.74, 6) is 2.13. The van der Waals surface area contributed by atoms with Crippen molar-refractivity contribution in [2.45, 2.75) is 0 Å². The maximum atomic E-state index is 5.75. The maximum Gasteiger partial charge on any atom is 0.133 e. The number of hydrogen-bond donors (Lipinski definition) is 1. The van der Waals surface area contributed by atoms with Crippen LogP contribution in [0, 0.1) is 3.57 Å². The van der Waals surface area contributed by atoms with Crippen molar-refractivity contribution in [2.75, 3.05) is 12.8 Å². The van der Waals surface area contributed by atoms with Crippen LogP contribution in [0.2, 0.25) is 0 Å². The molecule has 0 fully saturated rings. The van der Waals surface area contributed by atoms with Gasteiger partial charge < -0.3 is 15.2 Å². The molecule has 2 aromatic rings. The van der Waals surface area contributed by atoms with Gasteiger partial charge in [-0.1, -0.05) is 0 Å². The first-order chi connectivity index (χ1) is 8.17. The Balaban J connectivity index is 2.23. The van der Waals surface area contributed by atoms with Gasteiger partial charge in [-0.15, -0.1) is 0 Å². The molecule has 2 N–H and O–H groups in total. The lowest BCUT2D eigenvalue weighted by Gasteiger charge is -2.08. The van der Waals surface area contributed by atoms with Crippen molar-refractivity contribution >= 4 is 28.3 Å². The molecule has 88 valence electrons. The Labute approximate surface area is 114 Å². The minimum atomic E-state index is 0.616. The number of anilines is 1. The lowest BCUT2D eigenvalue weighted by molar-refractivity contribution is 0.409. The van der Waals surface area contributed by atoms with Crippen LogP contribution in [0.3, 0.4) is 0 Å². The summed E-state index contributed by atoms with van der Waals surface area (Å²) in [6.45, 7) is 0. The first-order valence-electron chi connectivity index (χ1n) is 5.05. The zero-order valence-electron chi connectivity index (χ0n) is 9.31. The van der Waals surface area contributed by atoms with E-state index in [4.69, 9.17) is 15.2 Å². The molecule has 0 saturated heterocycles. The summed E-state index contributed by atoms with van der Waals surface area (Å²) in [6.07, 6.45) is 0. The van der Waals surface area contributed by atoms with Gasteiger partial charge in [0.2, 0.25) is 0 Å². The van der Waals surface area contributed by atoms with E-state index in [0.29, 0.717) is 17.2 Å². The van der Waals surface area contributed by atoms with Gasteiger partial charge in [-0.2, -0.15) is 0 Å². The SMILES string of the molecule is COc1cc(N)cc(Oc2ccc(I)cc2)c1. The summed E-state index contributed by atoms with van der Waals surface area (Å²) in [6, 6.07) is 13.1. The summed E-state index contributed by atoms with van der Waals surface area (Å²) in [5.41, 5.74) is 6.37. The van der Waals surface area contributed by atoms with Gasteiger partial charge in [0.15, 0.2) is 0 Å². The minimum absolute atomic E-state index is 0.616. The quantitative estimate of drug-likeness (QED) is 0.684. The second kappa shape index (κ2) is 5.27. The van der Waals surface area contributed by atoms with Crippen molar-refractivity contribution in [1.82, 2.24) is 0 Å². The van der Waals surface area contributed by atoms with Gasteiger partial charge in [0.05, 0.1) is 7.11 Å². The Hall–Kier alpha value is -1.43. The molecule has 17 heavy (non-hydrogen) atoms. The Kier molecular flexibility index (Phi) is 3.73. The zero-order valence-corrected chi connectivity index (χ0v) is 11.5. The molecule has 3 nitrogen and oxygen atoms in total. The monoisotopic (exact) mass is 341 g/mol. The number of benzene rings is 2. The average molecular weight is 341 g/mol. The first kappa shape index (κ1) is 12.0. The predicted molar refractivity (Wildman–Crippen MR) is 76.6 cm³/mol. The van der Waals surface area contributed by atoms with Crippen molar-refractivity contribution in [1.29, 1.82) is 0 Å². The number of ether oxygens (including phenoxy) is 2. The van der Waals surface area contributed by atoms with Crippen LogP contribution in [0.25, 0.3) is 0 Å². The second-order valence-electron chi connectivity index (χ2n) is 3.50. The number of nitrogen functional groups attached to an aromatic ring is 1. The highest BCUT2D eigenvalue weighted by atomic mass is 127. The summed E-state index contributed by atoms with van der Waals surface area (Å²) in [5, 5.41) is 0. The van der Waals surface area contributed by atoms with Gasteiger partial charge in [0.25, 0.3) is 0 Å². The van der Waals surface area contributed by atoms with Crippen molar-refractivity contribution in [3.63, 3.8) is 0 Å². The van der Waals surface area contributed by atoms with Gasteiger partial charge >= 0.3 is 0 Å². The Morgan fingerprint density at radius 2 is 1.59 bits per heavy atom. The van der Waals surface area contributed by atoms with Crippen LogP contribution < -0.4 is 15.2 Å². The standard InChI is InChI=1S/C13H12INO2/c1-16-12-6-10(15)7-13(8-12)17-11-4-2-9(14)3-5-11/h2-8H,15H2,1H3. The van der Waals surface area contributed by atoms with Crippen LogP contribution >= 0.6 is 22.6 Å². The Bertz CT molecular complexity index is 511. The van der Waals surface area contributed by atoms with E-state index in [2.05, 4.69) is 22.6 Å². The maximum absolute atomic E-state index is 5.75. The molecule has 0 bridgehead atoms. The molecular weight excluding hydrogens is 329 g/mol. The van der Waals surface area contributed by atoms with E-state index in [1.807, 2.05) is 24.3 Å². The third kappa shape index (κ3) is 3.26.